The van der Waals surface area contributed by atoms with E-state index in [0.29, 0.717) is 0 Å². The molecular weight excluding hydrogens is 312 g/mol. The molecule has 5 heteroatoms. The molecule has 3 rings (SSSR count). The molecule has 0 amide bonds. The lowest BCUT2D eigenvalue weighted by Crippen LogP contribution is -1.97. The topological polar surface area (TPSA) is 63.6 Å². The van der Waals surface area contributed by atoms with Crippen molar-refractivity contribution in [2.75, 3.05) is 0 Å². The third-order valence-corrected chi connectivity index (χ3v) is 4.19. The molecule has 3 aromatic carbocycles. The zero-order valence-electron chi connectivity index (χ0n) is 12.1. The van der Waals surface area contributed by atoms with Crippen LogP contribution in [0.15, 0.2) is 83.8 Å². The van der Waals surface area contributed by atoms with Crippen LogP contribution >= 0.6 is 0 Å². The summed E-state index contributed by atoms with van der Waals surface area (Å²) in [7, 11) is -4.16. The van der Waals surface area contributed by atoms with Crippen molar-refractivity contribution in [2.24, 2.45) is 0 Å². The van der Waals surface area contributed by atoms with Gasteiger partial charge in [0.2, 0.25) is 0 Å². The third kappa shape index (κ3) is 3.77. The second kappa shape index (κ2) is 6.24. The van der Waals surface area contributed by atoms with Gasteiger partial charge in [0.1, 0.15) is 11.5 Å². The van der Waals surface area contributed by atoms with E-state index in [2.05, 4.69) is 0 Å². The van der Waals surface area contributed by atoms with Gasteiger partial charge in [0.15, 0.2) is 0 Å². The van der Waals surface area contributed by atoms with E-state index in [1.165, 1.54) is 12.1 Å². The molecule has 0 saturated carbocycles. The molecule has 0 fully saturated rings. The summed E-state index contributed by atoms with van der Waals surface area (Å²) < 4.78 is 36.8. The number of hydrogen-bond donors (Lipinski definition) is 1. The molecule has 23 heavy (non-hydrogen) atoms. The lowest BCUT2D eigenvalue weighted by atomic mass is 10.1. The maximum absolute atomic E-state index is 11.0. The second-order valence-corrected chi connectivity index (χ2v) is 6.36. The van der Waals surface area contributed by atoms with E-state index in [-0.39, 0.29) is 4.90 Å². The van der Waals surface area contributed by atoms with Gasteiger partial charge >= 0.3 is 0 Å². The van der Waals surface area contributed by atoms with Crippen molar-refractivity contribution in [1.29, 1.82) is 0 Å². The molecule has 0 aliphatic carbocycles. The number of benzene rings is 3. The van der Waals surface area contributed by atoms with Gasteiger partial charge in [0, 0.05) is 0 Å². The Morgan fingerprint density at radius 1 is 0.652 bits per heavy atom. The van der Waals surface area contributed by atoms with Gasteiger partial charge in [0.05, 0.1) is 4.90 Å². The van der Waals surface area contributed by atoms with Gasteiger partial charge < -0.3 is 4.74 Å². The molecule has 0 atom stereocenters. The minimum atomic E-state index is -4.16. The van der Waals surface area contributed by atoms with Crippen LogP contribution in [0.3, 0.4) is 0 Å². The highest BCUT2D eigenvalue weighted by Crippen LogP contribution is 2.26. The van der Waals surface area contributed by atoms with Gasteiger partial charge in [-0.3, -0.25) is 4.55 Å². The van der Waals surface area contributed by atoms with Crippen LogP contribution in [0.4, 0.5) is 0 Å². The Bertz CT molecular complexity index is 884. The highest BCUT2D eigenvalue weighted by molar-refractivity contribution is 7.85. The van der Waals surface area contributed by atoms with Gasteiger partial charge in [-0.2, -0.15) is 8.42 Å². The van der Waals surface area contributed by atoms with Crippen LogP contribution in [0, 0.1) is 0 Å². The van der Waals surface area contributed by atoms with E-state index in [1.807, 2.05) is 54.6 Å². The summed E-state index contributed by atoms with van der Waals surface area (Å²) in [5, 5.41) is 0. The Hall–Kier alpha value is -2.63. The standard InChI is InChI=1S/C18H14O4S/c19-23(20,21)18-12-8-15(9-13-18)14-6-10-17(11-7-14)22-16-4-2-1-3-5-16/h1-13H,(H,19,20,21). The predicted molar refractivity (Wildman–Crippen MR) is 88.2 cm³/mol. The first kappa shape index (κ1) is 15.3. The molecule has 0 aliphatic heterocycles. The summed E-state index contributed by atoms with van der Waals surface area (Å²) in [6.07, 6.45) is 0. The minimum absolute atomic E-state index is 0.120. The number of rotatable bonds is 4. The fraction of sp³-hybridized carbons (Fsp3) is 0. The Balaban J connectivity index is 1.79. The van der Waals surface area contributed by atoms with Gasteiger partial charge in [-0.1, -0.05) is 42.5 Å². The number of ether oxygens (including phenoxy) is 1. The van der Waals surface area contributed by atoms with Crippen LogP contribution in [0.1, 0.15) is 0 Å². The van der Waals surface area contributed by atoms with Gasteiger partial charge in [0.25, 0.3) is 10.1 Å². The van der Waals surface area contributed by atoms with Crippen LogP contribution in [0.5, 0.6) is 11.5 Å². The normalized spacial score (nSPS) is 11.2. The first-order chi connectivity index (χ1) is 11.0. The second-order valence-electron chi connectivity index (χ2n) is 4.94. The molecule has 3 aromatic rings. The van der Waals surface area contributed by atoms with Crippen LogP contribution < -0.4 is 4.74 Å². The Kier molecular flexibility index (Phi) is 4.14. The van der Waals surface area contributed by atoms with E-state index >= 15 is 0 Å². The Morgan fingerprint density at radius 2 is 1.13 bits per heavy atom. The minimum Gasteiger partial charge on any atom is -0.457 e. The maximum atomic E-state index is 11.0. The van der Waals surface area contributed by atoms with E-state index in [4.69, 9.17) is 9.29 Å². The monoisotopic (exact) mass is 326 g/mol. The Labute approximate surface area is 134 Å². The highest BCUT2D eigenvalue weighted by atomic mass is 32.2. The molecular formula is C18H14O4S. The van der Waals surface area contributed by atoms with Crippen LogP contribution in [-0.2, 0) is 10.1 Å². The fourth-order valence-electron chi connectivity index (χ4n) is 2.16. The third-order valence-electron chi connectivity index (χ3n) is 3.32. The quantitative estimate of drug-likeness (QED) is 0.722. The fourth-order valence-corrected chi connectivity index (χ4v) is 2.64. The van der Waals surface area contributed by atoms with Crippen LogP contribution in [0.2, 0.25) is 0 Å². The van der Waals surface area contributed by atoms with Crippen molar-refractivity contribution >= 4 is 10.1 Å². The summed E-state index contributed by atoms with van der Waals surface area (Å²) in [6.45, 7) is 0. The summed E-state index contributed by atoms with van der Waals surface area (Å²) >= 11 is 0. The van der Waals surface area contributed by atoms with Crippen molar-refractivity contribution in [3.05, 3.63) is 78.9 Å². The van der Waals surface area contributed by atoms with Crippen molar-refractivity contribution in [1.82, 2.24) is 0 Å². The average Bonchev–Trinajstić information content (AvgIpc) is 2.56. The molecule has 0 spiro atoms. The summed E-state index contributed by atoms with van der Waals surface area (Å²) in [6, 6.07) is 23.0. The summed E-state index contributed by atoms with van der Waals surface area (Å²) in [5.74, 6) is 1.48. The maximum Gasteiger partial charge on any atom is 0.294 e. The molecule has 0 aromatic heterocycles. The van der Waals surface area contributed by atoms with Gasteiger partial charge in [-0.25, -0.2) is 0 Å². The SMILES string of the molecule is O=S(=O)(O)c1ccc(-c2ccc(Oc3ccccc3)cc2)cc1. The molecule has 0 aliphatic rings. The van der Waals surface area contributed by atoms with Crippen LogP contribution in [0.25, 0.3) is 11.1 Å². The number of para-hydroxylation sites is 1. The van der Waals surface area contributed by atoms with Crippen molar-refractivity contribution < 1.29 is 17.7 Å². The van der Waals surface area contributed by atoms with Gasteiger partial charge in [-0.05, 0) is 47.5 Å². The molecule has 4 nitrogen and oxygen atoms in total. The molecule has 0 saturated heterocycles. The van der Waals surface area contributed by atoms with E-state index in [9.17, 15) is 8.42 Å². The lowest BCUT2D eigenvalue weighted by molar-refractivity contribution is 0.482. The lowest BCUT2D eigenvalue weighted by Gasteiger charge is -2.07. The molecule has 0 unspecified atom stereocenters. The van der Waals surface area contributed by atoms with Crippen LogP contribution in [-0.4, -0.2) is 13.0 Å². The molecule has 0 bridgehead atoms. The zero-order valence-corrected chi connectivity index (χ0v) is 12.9. The predicted octanol–water partition coefficient (Wildman–Crippen LogP) is 4.39. The molecule has 1 N–H and O–H groups in total. The zero-order chi connectivity index (χ0) is 16.3. The summed E-state index contributed by atoms with van der Waals surface area (Å²) in [4.78, 5) is -0.120. The average molecular weight is 326 g/mol. The number of hydrogen-bond acceptors (Lipinski definition) is 3. The van der Waals surface area contributed by atoms with E-state index in [1.54, 1.807) is 12.1 Å². The first-order valence-electron chi connectivity index (χ1n) is 6.93. The van der Waals surface area contributed by atoms with Crippen molar-refractivity contribution in [3.63, 3.8) is 0 Å². The molecule has 116 valence electrons. The highest BCUT2D eigenvalue weighted by Gasteiger charge is 2.09. The smallest absolute Gasteiger partial charge is 0.294 e. The molecule has 0 radical (unpaired) electrons. The Morgan fingerprint density at radius 3 is 1.65 bits per heavy atom. The first-order valence-corrected chi connectivity index (χ1v) is 8.37. The van der Waals surface area contributed by atoms with Crippen molar-refractivity contribution in [3.8, 4) is 22.6 Å². The summed E-state index contributed by atoms with van der Waals surface area (Å²) in [5.41, 5.74) is 1.77. The molecule has 0 heterocycles. The van der Waals surface area contributed by atoms with E-state index in [0.717, 1.165) is 22.6 Å². The largest absolute Gasteiger partial charge is 0.457 e. The van der Waals surface area contributed by atoms with Crippen molar-refractivity contribution in [2.45, 2.75) is 4.90 Å². The van der Waals surface area contributed by atoms with Gasteiger partial charge in [-0.15, -0.1) is 0 Å². The van der Waals surface area contributed by atoms with E-state index < -0.39 is 10.1 Å².